The standard InChI is InChI=1S/C8H9N3O6S2/c9-5(8(12)13)4-18-19(16,17)7-6(11(14)15)2-1-3-10-7/h1-3,5H,4,9H2,(H,12,13). The highest BCUT2D eigenvalue weighted by atomic mass is 33.1. The van der Waals surface area contributed by atoms with Crippen LogP contribution < -0.4 is 5.73 Å². The second-order valence-electron chi connectivity index (χ2n) is 3.27. The fourth-order valence-electron chi connectivity index (χ4n) is 1.00. The van der Waals surface area contributed by atoms with Crippen molar-refractivity contribution in [3.05, 3.63) is 28.4 Å². The third-order valence-corrected chi connectivity index (χ3v) is 5.31. The van der Waals surface area contributed by atoms with Gasteiger partial charge in [0.25, 0.3) is 8.87 Å². The number of nitrogens with zero attached hydrogens (tertiary/aromatic N) is 2. The van der Waals surface area contributed by atoms with Crippen LogP contribution in [0.1, 0.15) is 0 Å². The summed E-state index contributed by atoms with van der Waals surface area (Å²) in [6.07, 6.45) is 1.09. The first-order valence-corrected chi connectivity index (χ1v) is 7.71. The molecule has 0 aliphatic rings. The van der Waals surface area contributed by atoms with E-state index in [1.807, 2.05) is 0 Å². The van der Waals surface area contributed by atoms with Gasteiger partial charge in [-0.2, -0.15) is 0 Å². The number of hydrogen-bond acceptors (Lipinski definition) is 8. The quantitative estimate of drug-likeness (QED) is 0.414. The Balaban J connectivity index is 3.01. The van der Waals surface area contributed by atoms with Crippen molar-refractivity contribution in [2.75, 3.05) is 5.75 Å². The Hall–Kier alpha value is -1.72. The lowest BCUT2D eigenvalue weighted by Crippen LogP contribution is -2.32. The molecule has 11 heteroatoms. The lowest BCUT2D eigenvalue weighted by molar-refractivity contribution is -0.388. The van der Waals surface area contributed by atoms with E-state index in [0.717, 1.165) is 12.3 Å². The number of nitro groups is 1. The fourth-order valence-corrected chi connectivity index (χ4v) is 3.87. The van der Waals surface area contributed by atoms with Crippen LogP contribution in [0.15, 0.2) is 23.4 Å². The highest BCUT2D eigenvalue weighted by molar-refractivity contribution is 8.72. The molecule has 0 saturated carbocycles. The molecule has 0 aliphatic carbocycles. The Labute approximate surface area is 111 Å². The van der Waals surface area contributed by atoms with Gasteiger partial charge in [-0.25, -0.2) is 13.4 Å². The van der Waals surface area contributed by atoms with Gasteiger partial charge in [-0.3, -0.25) is 14.9 Å². The molecule has 9 nitrogen and oxygen atoms in total. The SMILES string of the molecule is NC(CSS(=O)(=O)c1ncccc1[N+](=O)[O-])C(=O)O. The number of nitrogens with two attached hydrogens (primary N) is 1. The van der Waals surface area contributed by atoms with Crippen molar-refractivity contribution in [2.24, 2.45) is 5.73 Å². The minimum atomic E-state index is -4.14. The molecule has 0 aliphatic heterocycles. The van der Waals surface area contributed by atoms with Crippen LogP contribution in [0.2, 0.25) is 0 Å². The van der Waals surface area contributed by atoms with E-state index in [9.17, 15) is 23.3 Å². The number of aromatic nitrogens is 1. The fraction of sp³-hybridized carbons (Fsp3) is 0.250. The lowest BCUT2D eigenvalue weighted by Gasteiger charge is -2.06. The van der Waals surface area contributed by atoms with E-state index in [2.05, 4.69) is 4.98 Å². The van der Waals surface area contributed by atoms with Gasteiger partial charge in [0.2, 0.25) is 5.03 Å². The number of carboxylic acids is 1. The molecule has 0 aromatic carbocycles. The summed E-state index contributed by atoms with van der Waals surface area (Å²) < 4.78 is 23.7. The molecular weight excluding hydrogens is 298 g/mol. The smallest absolute Gasteiger partial charge is 0.321 e. The summed E-state index contributed by atoms with van der Waals surface area (Å²) in [5.41, 5.74) is 4.49. The largest absolute Gasteiger partial charge is 0.480 e. The Morgan fingerprint density at radius 1 is 1.63 bits per heavy atom. The zero-order chi connectivity index (χ0) is 14.6. The molecule has 1 atom stereocenters. The molecule has 0 spiro atoms. The molecule has 0 fully saturated rings. The molecule has 0 amide bonds. The highest BCUT2D eigenvalue weighted by Crippen LogP contribution is 2.29. The average Bonchev–Trinajstić information content (AvgIpc) is 2.35. The topological polar surface area (TPSA) is 153 Å². The van der Waals surface area contributed by atoms with Gasteiger partial charge in [-0.15, -0.1) is 0 Å². The molecule has 3 N–H and O–H groups in total. The molecule has 19 heavy (non-hydrogen) atoms. The van der Waals surface area contributed by atoms with E-state index in [-0.39, 0.29) is 10.8 Å². The predicted octanol–water partition coefficient (Wildman–Crippen LogP) is -0.176. The monoisotopic (exact) mass is 307 g/mol. The number of carboxylic acid groups (broad SMARTS) is 1. The second kappa shape index (κ2) is 5.95. The Morgan fingerprint density at radius 2 is 2.26 bits per heavy atom. The maximum Gasteiger partial charge on any atom is 0.321 e. The van der Waals surface area contributed by atoms with Crippen molar-refractivity contribution in [1.82, 2.24) is 4.98 Å². The molecule has 1 heterocycles. The van der Waals surface area contributed by atoms with E-state index in [0.29, 0.717) is 0 Å². The second-order valence-corrected chi connectivity index (χ2v) is 7.16. The van der Waals surface area contributed by atoms with E-state index in [4.69, 9.17) is 10.8 Å². The number of aliphatic carboxylic acids is 1. The lowest BCUT2D eigenvalue weighted by atomic mass is 10.4. The summed E-state index contributed by atoms with van der Waals surface area (Å²) in [7, 11) is -3.94. The molecule has 1 rings (SSSR count). The first-order valence-electron chi connectivity index (χ1n) is 4.73. The van der Waals surface area contributed by atoms with Crippen molar-refractivity contribution in [3.8, 4) is 0 Å². The number of pyridine rings is 1. The Kier molecular flexibility index (Phi) is 4.80. The van der Waals surface area contributed by atoms with Crippen LogP contribution in [0.25, 0.3) is 0 Å². The van der Waals surface area contributed by atoms with Crippen LogP contribution in [0, 0.1) is 10.1 Å². The Bertz CT molecular complexity index is 602. The maximum absolute atomic E-state index is 11.8. The van der Waals surface area contributed by atoms with E-state index >= 15 is 0 Å². The van der Waals surface area contributed by atoms with Gasteiger partial charge in [0.05, 0.1) is 4.92 Å². The minimum absolute atomic E-state index is 0.199. The zero-order valence-corrected chi connectivity index (χ0v) is 10.9. The molecule has 0 bridgehead atoms. The Morgan fingerprint density at radius 3 is 2.79 bits per heavy atom. The number of hydrogen-bond donors (Lipinski definition) is 2. The normalized spacial score (nSPS) is 12.9. The minimum Gasteiger partial charge on any atom is -0.480 e. The van der Waals surface area contributed by atoms with Crippen molar-refractivity contribution in [2.45, 2.75) is 11.1 Å². The summed E-state index contributed by atoms with van der Waals surface area (Å²) in [5.74, 6) is -1.80. The van der Waals surface area contributed by atoms with E-state index in [1.165, 1.54) is 6.07 Å². The first kappa shape index (κ1) is 15.3. The van der Waals surface area contributed by atoms with Gasteiger partial charge in [-0.1, -0.05) is 0 Å². The average molecular weight is 307 g/mol. The number of rotatable bonds is 6. The summed E-state index contributed by atoms with van der Waals surface area (Å²) in [5, 5.41) is 18.5. The summed E-state index contributed by atoms with van der Waals surface area (Å²) in [6.45, 7) is 0. The van der Waals surface area contributed by atoms with Crippen molar-refractivity contribution >= 4 is 31.3 Å². The van der Waals surface area contributed by atoms with Gasteiger partial charge < -0.3 is 10.8 Å². The van der Waals surface area contributed by atoms with Crippen LogP contribution in [-0.4, -0.2) is 41.2 Å². The summed E-state index contributed by atoms with van der Waals surface area (Å²) in [6, 6.07) is 0.838. The third kappa shape index (κ3) is 3.87. The van der Waals surface area contributed by atoms with Gasteiger partial charge in [-0.05, 0) is 16.9 Å². The third-order valence-electron chi connectivity index (χ3n) is 1.90. The molecule has 104 valence electrons. The van der Waals surface area contributed by atoms with Crippen molar-refractivity contribution in [3.63, 3.8) is 0 Å². The van der Waals surface area contributed by atoms with E-state index < -0.39 is 42.3 Å². The van der Waals surface area contributed by atoms with Crippen LogP contribution in [0.3, 0.4) is 0 Å². The first-order chi connectivity index (χ1) is 8.75. The molecule has 1 aromatic heterocycles. The molecular formula is C8H9N3O6S2. The van der Waals surface area contributed by atoms with Gasteiger partial charge >= 0.3 is 11.7 Å². The predicted molar refractivity (Wildman–Crippen MR) is 66.1 cm³/mol. The molecule has 0 radical (unpaired) electrons. The molecule has 0 saturated heterocycles. The highest BCUT2D eigenvalue weighted by Gasteiger charge is 2.29. The van der Waals surface area contributed by atoms with Crippen molar-refractivity contribution < 1.29 is 23.2 Å². The van der Waals surface area contributed by atoms with Crippen molar-refractivity contribution in [1.29, 1.82) is 0 Å². The molecule has 1 unspecified atom stereocenters. The van der Waals surface area contributed by atoms with Gasteiger partial charge in [0, 0.05) is 18.0 Å². The van der Waals surface area contributed by atoms with E-state index in [1.54, 1.807) is 0 Å². The summed E-state index contributed by atoms with van der Waals surface area (Å²) >= 11 is 0. The van der Waals surface area contributed by atoms with Crippen LogP contribution >= 0.6 is 10.8 Å². The maximum atomic E-state index is 11.8. The zero-order valence-electron chi connectivity index (χ0n) is 9.29. The number of carbonyl (C=O) groups is 1. The van der Waals surface area contributed by atoms with Gasteiger partial charge in [0.1, 0.15) is 6.04 Å². The molecule has 1 aromatic rings. The van der Waals surface area contributed by atoms with Crippen LogP contribution in [-0.2, 0) is 13.7 Å². The van der Waals surface area contributed by atoms with Crippen LogP contribution in [0.4, 0.5) is 5.69 Å². The summed E-state index contributed by atoms with van der Waals surface area (Å²) in [4.78, 5) is 23.7. The van der Waals surface area contributed by atoms with Crippen LogP contribution in [0.5, 0.6) is 0 Å². The van der Waals surface area contributed by atoms with Gasteiger partial charge in [0.15, 0.2) is 0 Å².